The van der Waals surface area contributed by atoms with Crippen LogP contribution in [0, 0.1) is 18.3 Å². The third-order valence-electron chi connectivity index (χ3n) is 3.20. The fraction of sp³-hybridized carbons (Fsp3) is 0.250. The van der Waals surface area contributed by atoms with Crippen molar-refractivity contribution in [1.29, 1.82) is 5.26 Å². The number of aryl methyl sites for hydroxylation is 1. The van der Waals surface area contributed by atoms with Crippen LogP contribution in [0.4, 0.5) is 0 Å². The van der Waals surface area contributed by atoms with E-state index in [1.54, 1.807) is 35.8 Å². The van der Waals surface area contributed by atoms with E-state index in [1.165, 1.54) is 0 Å². The van der Waals surface area contributed by atoms with Crippen LogP contribution in [0.1, 0.15) is 12.5 Å². The van der Waals surface area contributed by atoms with Gasteiger partial charge in [-0.15, -0.1) is 0 Å². The number of nitrogens with zero attached hydrogens (tertiary/aromatic N) is 2. The van der Waals surface area contributed by atoms with Crippen molar-refractivity contribution >= 4 is 11.6 Å². The minimum Gasteiger partial charge on any atom is -0.479 e. The van der Waals surface area contributed by atoms with Crippen LogP contribution in [0.2, 0.25) is 5.02 Å². The van der Waals surface area contributed by atoms with Gasteiger partial charge in [-0.25, -0.2) is 0 Å². The van der Waals surface area contributed by atoms with Crippen LogP contribution in [0.5, 0.6) is 5.75 Å². The summed E-state index contributed by atoms with van der Waals surface area (Å²) < 4.78 is 6.90. The van der Waals surface area contributed by atoms with Gasteiger partial charge in [-0.1, -0.05) is 17.7 Å². The number of rotatable bonds is 4. The van der Waals surface area contributed by atoms with Crippen molar-refractivity contribution in [1.82, 2.24) is 4.57 Å². The lowest BCUT2D eigenvalue weighted by molar-refractivity contribution is 0.368. The van der Waals surface area contributed by atoms with Gasteiger partial charge in [0.2, 0.25) is 0 Å². The van der Waals surface area contributed by atoms with E-state index in [4.69, 9.17) is 21.6 Å². The summed E-state index contributed by atoms with van der Waals surface area (Å²) in [5, 5.41) is 8.99. The Bertz CT molecular complexity index is 760. The summed E-state index contributed by atoms with van der Waals surface area (Å²) >= 11 is 6.29. The summed E-state index contributed by atoms with van der Waals surface area (Å²) in [6, 6.07) is 10.8. The highest BCUT2D eigenvalue weighted by molar-refractivity contribution is 6.33. The number of benzene rings is 1. The van der Waals surface area contributed by atoms with E-state index in [9.17, 15) is 4.79 Å². The SMILES string of the molecule is CCn1c(-c2ccc(OCC#N)cc2Cl)ccc(C)c1=O. The maximum Gasteiger partial charge on any atom is 0.253 e. The molecule has 0 saturated heterocycles. The molecule has 1 heterocycles. The van der Waals surface area contributed by atoms with E-state index in [0.717, 1.165) is 11.3 Å². The van der Waals surface area contributed by atoms with E-state index in [0.29, 0.717) is 22.9 Å². The molecular formula is C16H15ClN2O2. The Morgan fingerprint density at radius 2 is 2.10 bits per heavy atom. The number of aromatic nitrogens is 1. The van der Waals surface area contributed by atoms with Crippen molar-refractivity contribution in [2.75, 3.05) is 6.61 Å². The van der Waals surface area contributed by atoms with Crippen molar-refractivity contribution in [3.63, 3.8) is 0 Å². The van der Waals surface area contributed by atoms with Crippen molar-refractivity contribution in [2.45, 2.75) is 20.4 Å². The van der Waals surface area contributed by atoms with Gasteiger partial charge in [-0.05, 0) is 38.1 Å². The fourth-order valence-electron chi connectivity index (χ4n) is 2.15. The second-order valence-electron chi connectivity index (χ2n) is 4.54. The third-order valence-corrected chi connectivity index (χ3v) is 3.51. The number of hydrogen-bond acceptors (Lipinski definition) is 3. The highest BCUT2D eigenvalue weighted by Gasteiger charge is 2.11. The Morgan fingerprint density at radius 1 is 1.33 bits per heavy atom. The van der Waals surface area contributed by atoms with Gasteiger partial charge < -0.3 is 9.30 Å². The first kappa shape index (κ1) is 15.1. The zero-order valence-electron chi connectivity index (χ0n) is 11.9. The molecule has 5 heteroatoms. The molecule has 1 aromatic carbocycles. The maximum absolute atomic E-state index is 12.2. The van der Waals surface area contributed by atoms with Gasteiger partial charge in [0.05, 0.1) is 10.7 Å². The average Bonchev–Trinajstić information content (AvgIpc) is 2.48. The van der Waals surface area contributed by atoms with Crippen LogP contribution in [0.25, 0.3) is 11.3 Å². The molecule has 0 fully saturated rings. The Balaban J connectivity index is 2.51. The largest absolute Gasteiger partial charge is 0.479 e. The van der Waals surface area contributed by atoms with Crippen LogP contribution in [-0.2, 0) is 6.54 Å². The van der Waals surface area contributed by atoms with Crippen molar-refractivity contribution in [3.05, 3.63) is 51.3 Å². The van der Waals surface area contributed by atoms with Crippen LogP contribution in [0.15, 0.2) is 35.1 Å². The molecule has 0 amide bonds. The Hall–Kier alpha value is -2.25. The number of hydrogen-bond donors (Lipinski definition) is 0. The summed E-state index contributed by atoms with van der Waals surface area (Å²) in [6.45, 7) is 4.25. The number of halogens is 1. The molecule has 2 aromatic rings. The van der Waals surface area contributed by atoms with E-state index < -0.39 is 0 Å². The molecule has 0 spiro atoms. The van der Waals surface area contributed by atoms with Crippen molar-refractivity contribution in [3.8, 4) is 23.1 Å². The second kappa shape index (κ2) is 6.47. The maximum atomic E-state index is 12.2. The molecule has 0 atom stereocenters. The molecule has 1 aromatic heterocycles. The van der Waals surface area contributed by atoms with Gasteiger partial charge in [0.15, 0.2) is 6.61 Å². The topological polar surface area (TPSA) is 55.0 Å². The molecule has 0 aliphatic rings. The number of nitriles is 1. The monoisotopic (exact) mass is 302 g/mol. The molecule has 108 valence electrons. The minimum atomic E-state index is -0.0279. The molecule has 0 unspecified atom stereocenters. The zero-order valence-corrected chi connectivity index (χ0v) is 12.6. The van der Waals surface area contributed by atoms with Crippen LogP contribution in [0.3, 0.4) is 0 Å². The second-order valence-corrected chi connectivity index (χ2v) is 4.95. The summed E-state index contributed by atoms with van der Waals surface area (Å²) in [5.41, 5.74) is 2.21. The lowest BCUT2D eigenvalue weighted by atomic mass is 10.1. The molecule has 2 rings (SSSR count). The van der Waals surface area contributed by atoms with Gasteiger partial charge in [-0.3, -0.25) is 4.79 Å². The Labute approximate surface area is 128 Å². The normalized spacial score (nSPS) is 10.2. The number of pyridine rings is 1. The van der Waals surface area contributed by atoms with Crippen molar-refractivity contribution in [2.24, 2.45) is 0 Å². The first-order valence-electron chi connectivity index (χ1n) is 6.58. The molecule has 0 N–H and O–H groups in total. The lowest BCUT2D eigenvalue weighted by Crippen LogP contribution is -2.22. The molecule has 4 nitrogen and oxygen atoms in total. The molecule has 0 saturated carbocycles. The Morgan fingerprint density at radius 3 is 2.71 bits per heavy atom. The quantitative estimate of drug-likeness (QED) is 0.870. The van der Waals surface area contributed by atoms with Gasteiger partial charge in [0, 0.05) is 17.7 Å². The molecule has 0 aliphatic carbocycles. The Kier molecular flexibility index (Phi) is 4.66. The predicted octanol–water partition coefficient (Wildman–Crippen LogP) is 3.40. The van der Waals surface area contributed by atoms with E-state index in [1.807, 2.05) is 19.1 Å². The molecular weight excluding hydrogens is 288 g/mol. The summed E-state index contributed by atoms with van der Waals surface area (Å²) in [6.07, 6.45) is 0. The molecule has 0 bridgehead atoms. The summed E-state index contributed by atoms with van der Waals surface area (Å²) in [7, 11) is 0. The fourth-order valence-corrected chi connectivity index (χ4v) is 2.41. The van der Waals surface area contributed by atoms with E-state index in [-0.39, 0.29) is 12.2 Å². The highest BCUT2D eigenvalue weighted by atomic mass is 35.5. The van der Waals surface area contributed by atoms with Gasteiger partial charge in [0.1, 0.15) is 11.8 Å². The van der Waals surface area contributed by atoms with Crippen LogP contribution in [-0.4, -0.2) is 11.2 Å². The van der Waals surface area contributed by atoms with Gasteiger partial charge in [0.25, 0.3) is 5.56 Å². The van der Waals surface area contributed by atoms with Crippen molar-refractivity contribution < 1.29 is 4.74 Å². The molecule has 21 heavy (non-hydrogen) atoms. The molecule has 0 radical (unpaired) electrons. The zero-order chi connectivity index (χ0) is 15.4. The van der Waals surface area contributed by atoms with Gasteiger partial charge >= 0.3 is 0 Å². The first-order chi connectivity index (χ1) is 10.1. The van der Waals surface area contributed by atoms with E-state index >= 15 is 0 Å². The van der Waals surface area contributed by atoms with Crippen LogP contribution >= 0.6 is 11.6 Å². The average molecular weight is 303 g/mol. The summed E-state index contributed by atoms with van der Waals surface area (Å²) in [5.74, 6) is 0.530. The predicted molar refractivity (Wildman–Crippen MR) is 82.7 cm³/mol. The minimum absolute atomic E-state index is 0.0177. The standard InChI is InChI=1S/C16H15ClN2O2/c1-3-19-15(7-4-11(2)16(19)20)13-6-5-12(10-14(13)17)21-9-8-18/h4-7,10H,3,9H2,1-2H3. The lowest BCUT2D eigenvalue weighted by Gasteiger charge is -2.14. The van der Waals surface area contributed by atoms with E-state index in [2.05, 4.69) is 0 Å². The highest BCUT2D eigenvalue weighted by Crippen LogP contribution is 2.30. The third kappa shape index (κ3) is 3.09. The summed E-state index contributed by atoms with van der Waals surface area (Å²) in [4.78, 5) is 12.2. The van der Waals surface area contributed by atoms with Crippen LogP contribution < -0.4 is 10.3 Å². The molecule has 0 aliphatic heterocycles. The first-order valence-corrected chi connectivity index (χ1v) is 6.96. The number of ether oxygens (including phenoxy) is 1. The smallest absolute Gasteiger partial charge is 0.253 e. The van der Waals surface area contributed by atoms with Gasteiger partial charge in [-0.2, -0.15) is 5.26 Å².